The van der Waals surface area contributed by atoms with Crippen molar-refractivity contribution in [1.29, 1.82) is 0 Å². The van der Waals surface area contributed by atoms with Crippen molar-refractivity contribution in [2.24, 2.45) is 0 Å². The lowest BCUT2D eigenvalue weighted by Gasteiger charge is -2.35. The number of fused-ring (bicyclic) bond motifs is 1. The number of benzene rings is 2. The Kier molecular flexibility index (Phi) is 4.24. The highest BCUT2D eigenvalue weighted by Gasteiger charge is 2.24. The molecule has 6 heteroatoms. The van der Waals surface area contributed by atoms with Crippen LogP contribution in [0.3, 0.4) is 0 Å². The van der Waals surface area contributed by atoms with Gasteiger partial charge in [-0.2, -0.15) is 0 Å². The standard InChI is InChI=1S/C22H21N5O/c1-15-9-7-8-14-27(15)20-17-12-5-6-13-18(17)23-19(24-20)22-26-25-21(28-22)16-10-3-2-4-11-16/h2-6,10-13,15H,7-9,14H2,1H3. The summed E-state index contributed by atoms with van der Waals surface area (Å²) in [6.07, 6.45) is 3.61. The number of para-hydroxylation sites is 1. The van der Waals surface area contributed by atoms with Gasteiger partial charge in [-0.1, -0.05) is 30.3 Å². The highest BCUT2D eigenvalue weighted by Crippen LogP contribution is 2.32. The second-order valence-corrected chi connectivity index (χ2v) is 7.20. The molecule has 28 heavy (non-hydrogen) atoms. The normalized spacial score (nSPS) is 17.2. The first-order chi connectivity index (χ1) is 13.8. The number of rotatable bonds is 3. The van der Waals surface area contributed by atoms with Crippen molar-refractivity contribution in [1.82, 2.24) is 20.2 Å². The molecule has 2 aromatic carbocycles. The molecule has 140 valence electrons. The highest BCUT2D eigenvalue weighted by molar-refractivity contribution is 5.90. The maximum atomic E-state index is 5.91. The molecule has 1 fully saturated rings. The lowest BCUT2D eigenvalue weighted by Crippen LogP contribution is -2.38. The number of hydrogen-bond acceptors (Lipinski definition) is 6. The fraction of sp³-hybridized carbons (Fsp3) is 0.273. The van der Waals surface area contributed by atoms with Crippen LogP contribution in [0.15, 0.2) is 59.0 Å². The van der Waals surface area contributed by atoms with Gasteiger partial charge in [0.2, 0.25) is 11.7 Å². The van der Waals surface area contributed by atoms with Crippen LogP contribution < -0.4 is 4.90 Å². The molecule has 1 aliphatic rings. The molecule has 5 rings (SSSR count). The molecule has 0 N–H and O–H groups in total. The predicted octanol–water partition coefficient (Wildman–Crippen LogP) is 4.73. The van der Waals surface area contributed by atoms with Gasteiger partial charge < -0.3 is 9.32 Å². The van der Waals surface area contributed by atoms with Gasteiger partial charge in [-0.25, -0.2) is 9.97 Å². The fourth-order valence-electron chi connectivity index (χ4n) is 3.80. The summed E-state index contributed by atoms with van der Waals surface area (Å²) in [6.45, 7) is 3.26. The second kappa shape index (κ2) is 7.03. The minimum absolute atomic E-state index is 0.343. The molecule has 3 heterocycles. The SMILES string of the molecule is CC1CCCCN1c1nc(-c2nnc(-c3ccccc3)o2)nc2ccccc12. The molecule has 1 unspecified atom stereocenters. The lowest BCUT2D eigenvalue weighted by molar-refractivity contribution is 0.482. The summed E-state index contributed by atoms with van der Waals surface area (Å²) in [7, 11) is 0. The van der Waals surface area contributed by atoms with Crippen LogP contribution >= 0.6 is 0 Å². The first kappa shape index (κ1) is 16.9. The molecule has 0 aliphatic carbocycles. The van der Waals surface area contributed by atoms with Crippen molar-refractivity contribution in [2.45, 2.75) is 32.2 Å². The van der Waals surface area contributed by atoms with Crippen molar-refractivity contribution in [2.75, 3.05) is 11.4 Å². The van der Waals surface area contributed by atoms with Crippen LogP contribution in [-0.4, -0.2) is 32.8 Å². The van der Waals surface area contributed by atoms with E-state index in [9.17, 15) is 0 Å². The molecule has 1 atom stereocenters. The van der Waals surface area contributed by atoms with Gasteiger partial charge in [-0.3, -0.25) is 0 Å². The summed E-state index contributed by atoms with van der Waals surface area (Å²) in [6, 6.07) is 18.3. The van der Waals surface area contributed by atoms with Crippen molar-refractivity contribution >= 4 is 16.7 Å². The van der Waals surface area contributed by atoms with Crippen LogP contribution in [0.4, 0.5) is 5.82 Å². The monoisotopic (exact) mass is 371 g/mol. The van der Waals surface area contributed by atoms with E-state index in [2.05, 4.69) is 28.1 Å². The van der Waals surface area contributed by atoms with E-state index in [1.54, 1.807) is 0 Å². The van der Waals surface area contributed by atoms with Crippen molar-refractivity contribution in [3.63, 3.8) is 0 Å². The number of aromatic nitrogens is 4. The highest BCUT2D eigenvalue weighted by atomic mass is 16.4. The minimum Gasteiger partial charge on any atom is -0.413 e. The molecule has 2 aromatic heterocycles. The smallest absolute Gasteiger partial charge is 0.286 e. The quantitative estimate of drug-likeness (QED) is 0.519. The summed E-state index contributed by atoms with van der Waals surface area (Å²) in [4.78, 5) is 12.0. The molecule has 4 aromatic rings. The third-order valence-electron chi connectivity index (χ3n) is 5.30. The number of piperidine rings is 1. The van der Waals surface area contributed by atoms with Gasteiger partial charge >= 0.3 is 0 Å². The van der Waals surface area contributed by atoms with E-state index >= 15 is 0 Å². The van der Waals surface area contributed by atoms with E-state index in [1.807, 2.05) is 48.5 Å². The van der Waals surface area contributed by atoms with E-state index in [1.165, 1.54) is 19.3 Å². The summed E-state index contributed by atoms with van der Waals surface area (Å²) in [5, 5.41) is 9.46. The molecule has 0 bridgehead atoms. The zero-order valence-electron chi connectivity index (χ0n) is 15.7. The van der Waals surface area contributed by atoms with Crippen LogP contribution in [0, 0.1) is 0 Å². The number of hydrogen-bond donors (Lipinski definition) is 0. The van der Waals surface area contributed by atoms with Crippen molar-refractivity contribution in [3.05, 3.63) is 54.6 Å². The molecule has 0 saturated carbocycles. The van der Waals surface area contributed by atoms with E-state index < -0.39 is 0 Å². The Hall–Kier alpha value is -3.28. The Morgan fingerprint density at radius 2 is 1.68 bits per heavy atom. The van der Waals surface area contributed by atoms with Crippen LogP contribution in [0.1, 0.15) is 26.2 Å². The Morgan fingerprint density at radius 1 is 0.893 bits per heavy atom. The lowest BCUT2D eigenvalue weighted by atomic mass is 10.0. The maximum Gasteiger partial charge on any atom is 0.286 e. The Morgan fingerprint density at radius 3 is 2.54 bits per heavy atom. The van der Waals surface area contributed by atoms with Crippen LogP contribution in [-0.2, 0) is 0 Å². The fourth-order valence-corrected chi connectivity index (χ4v) is 3.80. The Bertz CT molecular complexity index is 1110. The van der Waals surface area contributed by atoms with E-state index in [0.717, 1.165) is 28.8 Å². The van der Waals surface area contributed by atoms with Gasteiger partial charge in [0.15, 0.2) is 0 Å². The first-order valence-corrected chi connectivity index (χ1v) is 9.72. The topological polar surface area (TPSA) is 67.9 Å². The maximum absolute atomic E-state index is 5.91. The second-order valence-electron chi connectivity index (χ2n) is 7.20. The third kappa shape index (κ3) is 3.01. The molecule has 6 nitrogen and oxygen atoms in total. The first-order valence-electron chi connectivity index (χ1n) is 9.72. The molecule has 0 radical (unpaired) electrons. The van der Waals surface area contributed by atoms with E-state index in [-0.39, 0.29) is 0 Å². The zero-order chi connectivity index (χ0) is 18.9. The molecule has 0 amide bonds. The van der Waals surface area contributed by atoms with E-state index in [4.69, 9.17) is 14.4 Å². The van der Waals surface area contributed by atoms with Crippen molar-refractivity contribution in [3.8, 4) is 23.2 Å². The van der Waals surface area contributed by atoms with Crippen LogP contribution in [0.25, 0.3) is 34.1 Å². The minimum atomic E-state index is 0.343. The summed E-state index contributed by atoms with van der Waals surface area (Å²) in [5.41, 5.74) is 1.77. The Labute approximate surface area is 163 Å². The summed E-state index contributed by atoms with van der Waals surface area (Å²) < 4.78 is 5.91. The van der Waals surface area contributed by atoms with Crippen LogP contribution in [0.5, 0.6) is 0 Å². The molecule has 1 aliphatic heterocycles. The van der Waals surface area contributed by atoms with Crippen molar-refractivity contribution < 1.29 is 4.42 Å². The average Bonchev–Trinajstić information content (AvgIpc) is 3.24. The van der Waals surface area contributed by atoms with E-state index in [0.29, 0.717) is 23.6 Å². The Balaban J connectivity index is 1.62. The summed E-state index contributed by atoms with van der Waals surface area (Å²) in [5.74, 6) is 2.24. The zero-order valence-corrected chi connectivity index (χ0v) is 15.7. The molecule has 0 spiro atoms. The largest absolute Gasteiger partial charge is 0.413 e. The summed E-state index contributed by atoms with van der Waals surface area (Å²) >= 11 is 0. The van der Waals surface area contributed by atoms with Gasteiger partial charge in [-0.15, -0.1) is 10.2 Å². The predicted molar refractivity (Wildman–Crippen MR) is 109 cm³/mol. The third-order valence-corrected chi connectivity index (χ3v) is 5.30. The van der Waals surface area contributed by atoms with Gasteiger partial charge in [0.05, 0.1) is 5.52 Å². The van der Waals surface area contributed by atoms with Gasteiger partial charge in [0.25, 0.3) is 5.89 Å². The number of nitrogens with zero attached hydrogens (tertiary/aromatic N) is 5. The van der Waals surface area contributed by atoms with Gasteiger partial charge in [0, 0.05) is 23.5 Å². The van der Waals surface area contributed by atoms with Crippen LogP contribution in [0.2, 0.25) is 0 Å². The van der Waals surface area contributed by atoms with Gasteiger partial charge in [-0.05, 0) is 50.5 Å². The number of anilines is 1. The average molecular weight is 371 g/mol. The van der Waals surface area contributed by atoms with Gasteiger partial charge in [0.1, 0.15) is 5.82 Å². The molecular weight excluding hydrogens is 350 g/mol. The molecule has 1 saturated heterocycles. The molecular formula is C22H21N5O.